The molecule has 0 bridgehead atoms. The summed E-state index contributed by atoms with van der Waals surface area (Å²) < 4.78 is 2.21. The molecule has 0 N–H and O–H groups in total. The van der Waals surface area contributed by atoms with E-state index in [2.05, 4.69) is 15.7 Å². The van der Waals surface area contributed by atoms with Crippen LogP contribution >= 0.6 is 0 Å². The van der Waals surface area contributed by atoms with Crippen LogP contribution in [0.2, 0.25) is 0 Å². The average Bonchev–Trinajstić information content (AvgIpc) is 2.90. The van der Waals surface area contributed by atoms with Crippen molar-refractivity contribution in [2.24, 2.45) is 5.92 Å². The minimum Gasteiger partial charge on any atom is -0.337 e. The fraction of sp³-hybridized carbons (Fsp3) is 0.812. The Labute approximate surface area is 112 Å². The van der Waals surface area contributed by atoms with E-state index in [1.807, 2.05) is 12.5 Å². The molecule has 2 rings (SSSR count). The molecule has 1 saturated carbocycles. The van der Waals surface area contributed by atoms with E-state index < -0.39 is 0 Å². The van der Waals surface area contributed by atoms with E-state index >= 15 is 0 Å². The number of hydrogen-bond donors (Lipinski definition) is 0. The van der Waals surface area contributed by atoms with Crippen molar-refractivity contribution >= 4 is 0 Å². The summed E-state index contributed by atoms with van der Waals surface area (Å²) in [5.74, 6) is 0.992. The highest BCUT2D eigenvalue weighted by atomic mass is 15.0. The Balaban J connectivity index is 1.65. The number of aromatic nitrogens is 2. The zero-order valence-corrected chi connectivity index (χ0v) is 11.7. The molecule has 1 aliphatic carbocycles. The zero-order valence-electron chi connectivity index (χ0n) is 11.7. The Hall–Kier alpha value is -0.790. The third-order valence-corrected chi connectivity index (χ3v) is 4.31. The van der Waals surface area contributed by atoms with Gasteiger partial charge in [-0.15, -0.1) is 0 Å². The van der Waals surface area contributed by atoms with Gasteiger partial charge >= 0.3 is 0 Å². The van der Waals surface area contributed by atoms with Crippen LogP contribution in [-0.2, 0) is 6.54 Å². The van der Waals surface area contributed by atoms with Crippen LogP contribution in [0.15, 0.2) is 18.7 Å². The Morgan fingerprint density at radius 1 is 0.944 bits per heavy atom. The van der Waals surface area contributed by atoms with Gasteiger partial charge in [-0.1, -0.05) is 57.8 Å². The second-order valence-corrected chi connectivity index (χ2v) is 5.86. The van der Waals surface area contributed by atoms with Crippen LogP contribution in [0.4, 0.5) is 0 Å². The summed E-state index contributed by atoms with van der Waals surface area (Å²) in [6, 6.07) is 0. The van der Waals surface area contributed by atoms with E-state index in [1.165, 1.54) is 70.6 Å². The Morgan fingerprint density at radius 3 is 2.22 bits per heavy atom. The SMILES string of the molecule is c1cn(CCCC2CCCCCCCCC2)cn1. The highest BCUT2D eigenvalue weighted by Gasteiger charge is 2.09. The van der Waals surface area contributed by atoms with E-state index in [1.54, 1.807) is 0 Å². The number of aryl methyl sites for hydroxylation is 1. The summed E-state index contributed by atoms with van der Waals surface area (Å²) in [4.78, 5) is 4.10. The summed E-state index contributed by atoms with van der Waals surface area (Å²) in [6.45, 7) is 1.15. The van der Waals surface area contributed by atoms with Gasteiger partial charge in [0.1, 0.15) is 0 Å². The molecule has 1 aliphatic rings. The van der Waals surface area contributed by atoms with Gasteiger partial charge in [-0.05, 0) is 18.8 Å². The van der Waals surface area contributed by atoms with Gasteiger partial charge in [0.25, 0.3) is 0 Å². The van der Waals surface area contributed by atoms with Crippen molar-refractivity contribution in [3.05, 3.63) is 18.7 Å². The smallest absolute Gasteiger partial charge is 0.0945 e. The molecule has 1 aromatic rings. The van der Waals surface area contributed by atoms with Crippen molar-refractivity contribution in [2.75, 3.05) is 0 Å². The number of imidazole rings is 1. The second kappa shape index (κ2) is 8.34. The highest BCUT2D eigenvalue weighted by Crippen LogP contribution is 2.25. The standard InChI is InChI=1S/C16H28N2/c1-2-4-6-9-16(10-7-5-3-1)11-8-13-18-14-12-17-15-18/h12,14-16H,1-11,13H2. The first-order valence-corrected chi connectivity index (χ1v) is 7.91. The van der Waals surface area contributed by atoms with Gasteiger partial charge in [0, 0.05) is 18.9 Å². The quantitative estimate of drug-likeness (QED) is 0.748. The highest BCUT2D eigenvalue weighted by molar-refractivity contribution is 4.74. The molecule has 0 amide bonds. The molecule has 0 radical (unpaired) electrons. The molecule has 0 unspecified atom stereocenters. The number of nitrogens with zero attached hydrogens (tertiary/aromatic N) is 2. The van der Waals surface area contributed by atoms with Crippen LogP contribution in [-0.4, -0.2) is 9.55 Å². The van der Waals surface area contributed by atoms with E-state index in [0.29, 0.717) is 0 Å². The average molecular weight is 248 g/mol. The topological polar surface area (TPSA) is 17.8 Å². The molecule has 0 saturated heterocycles. The van der Waals surface area contributed by atoms with Crippen molar-refractivity contribution < 1.29 is 0 Å². The van der Waals surface area contributed by atoms with Gasteiger partial charge in [0.05, 0.1) is 6.33 Å². The van der Waals surface area contributed by atoms with Crippen molar-refractivity contribution in [3.63, 3.8) is 0 Å². The van der Waals surface area contributed by atoms with Gasteiger partial charge in [0.15, 0.2) is 0 Å². The molecule has 0 aromatic carbocycles. The minimum atomic E-state index is 0.992. The third kappa shape index (κ3) is 5.24. The minimum absolute atomic E-state index is 0.992. The van der Waals surface area contributed by atoms with Crippen LogP contribution < -0.4 is 0 Å². The van der Waals surface area contributed by atoms with Crippen LogP contribution in [0.25, 0.3) is 0 Å². The first-order valence-electron chi connectivity index (χ1n) is 7.91. The lowest BCUT2D eigenvalue weighted by atomic mass is 9.89. The molecule has 1 heterocycles. The van der Waals surface area contributed by atoms with Crippen LogP contribution in [0.1, 0.15) is 70.6 Å². The molecular weight excluding hydrogens is 220 g/mol. The molecule has 18 heavy (non-hydrogen) atoms. The van der Waals surface area contributed by atoms with Gasteiger partial charge in [0.2, 0.25) is 0 Å². The van der Waals surface area contributed by atoms with Crippen molar-refractivity contribution in [2.45, 2.75) is 77.2 Å². The predicted molar refractivity (Wildman–Crippen MR) is 76.5 cm³/mol. The predicted octanol–water partition coefficient (Wildman–Crippen LogP) is 4.80. The van der Waals surface area contributed by atoms with Gasteiger partial charge < -0.3 is 4.57 Å². The van der Waals surface area contributed by atoms with Crippen LogP contribution in [0.5, 0.6) is 0 Å². The van der Waals surface area contributed by atoms with E-state index in [-0.39, 0.29) is 0 Å². The fourth-order valence-electron chi connectivity index (χ4n) is 3.16. The first-order chi connectivity index (χ1) is 8.95. The molecule has 2 nitrogen and oxygen atoms in total. The molecule has 1 fully saturated rings. The molecule has 2 heteroatoms. The van der Waals surface area contributed by atoms with Gasteiger partial charge in [-0.3, -0.25) is 0 Å². The summed E-state index contributed by atoms with van der Waals surface area (Å²) in [7, 11) is 0. The molecule has 1 aromatic heterocycles. The van der Waals surface area contributed by atoms with Gasteiger partial charge in [-0.2, -0.15) is 0 Å². The Kier molecular flexibility index (Phi) is 6.32. The molecule has 102 valence electrons. The first kappa shape index (κ1) is 13.6. The van der Waals surface area contributed by atoms with E-state index in [9.17, 15) is 0 Å². The maximum Gasteiger partial charge on any atom is 0.0945 e. The van der Waals surface area contributed by atoms with Crippen LogP contribution in [0.3, 0.4) is 0 Å². The lowest BCUT2D eigenvalue weighted by Gasteiger charge is -2.18. The monoisotopic (exact) mass is 248 g/mol. The maximum atomic E-state index is 4.10. The maximum absolute atomic E-state index is 4.10. The number of hydrogen-bond acceptors (Lipinski definition) is 1. The third-order valence-electron chi connectivity index (χ3n) is 4.31. The summed E-state index contributed by atoms with van der Waals surface area (Å²) in [6.07, 6.45) is 21.9. The summed E-state index contributed by atoms with van der Waals surface area (Å²) in [5, 5.41) is 0. The second-order valence-electron chi connectivity index (χ2n) is 5.86. The lowest BCUT2D eigenvalue weighted by Crippen LogP contribution is -2.05. The zero-order chi connectivity index (χ0) is 12.5. The fourth-order valence-corrected chi connectivity index (χ4v) is 3.16. The van der Waals surface area contributed by atoms with Crippen molar-refractivity contribution in [1.82, 2.24) is 9.55 Å². The molecule has 0 aliphatic heterocycles. The van der Waals surface area contributed by atoms with Crippen LogP contribution in [0, 0.1) is 5.92 Å². The van der Waals surface area contributed by atoms with Gasteiger partial charge in [-0.25, -0.2) is 4.98 Å². The lowest BCUT2D eigenvalue weighted by molar-refractivity contribution is 0.354. The summed E-state index contributed by atoms with van der Waals surface area (Å²) in [5.41, 5.74) is 0. The summed E-state index contributed by atoms with van der Waals surface area (Å²) >= 11 is 0. The Bertz CT molecular complexity index is 282. The molecular formula is C16H28N2. The van der Waals surface area contributed by atoms with E-state index in [0.717, 1.165) is 12.5 Å². The molecule has 0 spiro atoms. The van der Waals surface area contributed by atoms with E-state index in [4.69, 9.17) is 0 Å². The Morgan fingerprint density at radius 2 is 1.61 bits per heavy atom. The number of rotatable bonds is 4. The van der Waals surface area contributed by atoms with Crippen molar-refractivity contribution in [1.29, 1.82) is 0 Å². The molecule has 0 atom stereocenters. The van der Waals surface area contributed by atoms with Crippen molar-refractivity contribution in [3.8, 4) is 0 Å². The normalized spacial score (nSPS) is 19.8. The largest absolute Gasteiger partial charge is 0.337 e.